The molecule has 1 unspecified atom stereocenters. The van der Waals surface area contributed by atoms with Crippen LogP contribution in [-0.2, 0) is 30.4 Å². The third-order valence-corrected chi connectivity index (χ3v) is 6.21. The minimum Gasteiger partial charge on any atom is -0.455 e. The van der Waals surface area contributed by atoms with E-state index in [1.807, 2.05) is 0 Å². The lowest BCUT2D eigenvalue weighted by Crippen LogP contribution is -2.61. The summed E-state index contributed by atoms with van der Waals surface area (Å²) in [6.07, 6.45) is -3.67. The van der Waals surface area contributed by atoms with Gasteiger partial charge in [0.15, 0.2) is 0 Å². The molecule has 3 aromatic carbocycles. The van der Waals surface area contributed by atoms with Gasteiger partial charge >= 0.3 is 24.3 Å². The van der Waals surface area contributed by atoms with Gasteiger partial charge in [-0.25, -0.2) is 14.6 Å². The molecular formula is C33H35ClN2O8. The van der Waals surface area contributed by atoms with Crippen LogP contribution in [-0.4, -0.2) is 51.7 Å². The molecule has 1 atom stereocenters. The predicted octanol–water partition coefficient (Wildman–Crippen LogP) is 6.43. The van der Waals surface area contributed by atoms with Crippen molar-refractivity contribution in [2.45, 2.75) is 60.0 Å². The SMILES string of the molecule is CC(C)(C)C(=O)OC(OC(=O)N(C(=O)c1ccc(Cl)cc1)N(C(=O)c1ccccc1)C(C)(C)C)C(=O)OCc1ccccc1. The molecule has 3 amide bonds. The highest BCUT2D eigenvalue weighted by atomic mass is 35.5. The molecule has 10 nitrogen and oxygen atoms in total. The second-order valence-electron chi connectivity index (χ2n) is 11.7. The van der Waals surface area contributed by atoms with Crippen molar-refractivity contribution in [3.05, 3.63) is 107 Å². The van der Waals surface area contributed by atoms with E-state index in [9.17, 15) is 24.0 Å². The number of rotatable bonds is 7. The fourth-order valence-electron chi connectivity index (χ4n) is 3.70. The molecule has 3 rings (SSSR count). The number of esters is 2. The van der Waals surface area contributed by atoms with Crippen LogP contribution in [0, 0.1) is 5.41 Å². The van der Waals surface area contributed by atoms with Gasteiger partial charge in [-0.15, -0.1) is 5.01 Å². The number of amides is 3. The van der Waals surface area contributed by atoms with Gasteiger partial charge in [0.1, 0.15) is 6.61 Å². The Hall–Kier alpha value is -4.70. The number of ether oxygens (including phenoxy) is 3. The summed E-state index contributed by atoms with van der Waals surface area (Å²) in [5.41, 5.74) is -1.50. The largest absolute Gasteiger partial charge is 0.455 e. The Labute approximate surface area is 261 Å². The Morgan fingerprint density at radius 3 is 1.75 bits per heavy atom. The van der Waals surface area contributed by atoms with Crippen LogP contribution >= 0.6 is 11.6 Å². The summed E-state index contributed by atoms with van der Waals surface area (Å²) in [7, 11) is 0. The second kappa shape index (κ2) is 14.2. The number of nitrogens with zero attached hydrogens (tertiary/aromatic N) is 2. The van der Waals surface area contributed by atoms with Crippen LogP contribution in [0.2, 0.25) is 5.02 Å². The molecule has 0 spiro atoms. The number of hydrogen-bond acceptors (Lipinski definition) is 8. The third kappa shape index (κ3) is 8.90. The normalized spacial score (nSPS) is 12.0. The summed E-state index contributed by atoms with van der Waals surface area (Å²) in [6.45, 7) is 9.23. The molecule has 0 radical (unpaired) electrons. The van der Waals surface area contributed by atoms with Crippen molar-refractivity contribution < 1.29 is 38.2 Å². The first-order valence-electron chi connectivity index (χ1n) is 13.7. The zero-order chi connectivity index (χ0) is 32.7. The Bertz CT molecular complexity index is 1480. The van der Waals surface area contributed by atoms with Crippen LogP contribution in [0.15, 0.2) is 84.9 Å². The summed E-state index contributed by atoms with van der Waals surface area (Å²) < 4.78 is 16.0. The van der Waals surface area contributed by atoms with E-state index in [1.165, 1.54) is 36.4 Å². The van der Waals surface area contributed by atoms with E-state index in [0.29, 0.717) is 15.6 Å². The lowest BCUT2D eigenvalue weighted by atomic mass is 9.97. The minimum atomic E-state index is -2.20. The van der Waals surface area contributed by atoms with E-state index in [4.69, 9.17) is 25.8 Å². The highest BCUT2D eigenvalue weighted by Crippen LogP contribution is 2.25. The highest BCUT2D eigenvalue weighted by molar-refractivity contribution is 6.30. The van der Waals surface area contributed by atoms with Gasteiger partial charge in [0.25, 0.3) is 11.8 Å². The average molecular weight is 623 g/mol. The standard InChI is InChI=1S/C33H35ClN2O8/c1-32(2,3)30(40)43-29(28(39)42-21-22-13-9-7-10-14-22)44-31(41)35(26(37)24-17-19-25(34)20-18-24)36(33(4,5)6)27(38)23-15-11-8-12-16-23/h7-20,29H,21H2,1-6H3. The highest BCUT2D eigenvalue weighted by Gasteiger charge is 2.43. The van der Waals surface area contributed by atoms with Crippen molar-refractivity contribution in [2.24, 2.45) is 5.41 Å². The fourth-order valence-corrected chi connectivity index (χ4v) is 3.83. The molecule has 232 valence electrons. The average Bonchev–Trinajstić information content (AvgIpc) is 2.97. The van der Waals surface area contributed by atoms with E-state index in [1.54, 1.807) is 90.1 Å². The molecule has 11 heteroatoms. The molecule has 0 aromatic heterocycles. The maximum atomic E-state index is 13.9. The van der Waals surface area contributed by atoms with Gasteiger partial charge < -0.3 is 14.2 Å². The van der Waals surface area contributed by atoms with E-state index in [0.717, 1.165) is 5.01 Å². The van der Waals surface area contributed by atoms with E-state index in [-0.39, 0.29) is 17.7 Å². The molecule has 0 aliphatic heterocycles. The number of hydrazine groups is 1. The molecule has 44 heavy (non-hydrogen) atoms. The maximum absolute atomic E-state index is 13.9. The number of carbonyl (C=O) groups is 5. The van der Waals surface area contributed by atoms with Crippen LogP contribution < -0.4 is 0 Å². The quantitative estimate of drug-likeness (QED) is 0.168. The number of benzene rings is 3. The molecule has 0 saturated heterocycles. The van der Waals surface area contributed by atoms with E-state index >= 15 is 0 Å². The van der Waals surface area contributed by atoms with Gasteiger partial charge in [0.05, 0.1) is 11.0 Å². The molecule has 0 heterocycles. The molecule has 3 aromatic rings. The molecular weight excluding hydrogens is 588 g/mol. The van der Waals surface area contributed by atoms with Crippen molar-refractivity contribution in [1.82, 2.24) is 10.0 Å². The van der Waals surface area contributed by atoms with E-state index < -0.39 is 47.1 Å². The van der Waals surface area contributed by atoms with Crippen LogP contribution in [0.4, 0.5) is 4.79 Å². The zero-order valence-corrected chi connectivity index (χ0v) is 26.2. The first kappa shape index (κ1) is 33.8. The Morgan fingerprint density at radius 1 is 0.705 bits per heavy atom. The second-order valence-corrected chi connectivity index (χ2v) is 12.2. The molecule has 0 fully saturated rings. The topological polar surface area (TPSA) is 120 Å². The number of hydrogen-bond donors (Lipinski definition) is 0. The summed E-state index contributed by atoms with van der Waals surface area (Å²) in [4.78, 5) is 67.7. The van der Waals surface area contributed by atoms with Crippen molar-refractivity contribution >= 4 is 41.4 Å². The smallest absolute Gasteiger partial charge is 0.440 e. The Morgan fingerprint density at radius 2 is 1.23 bits per heavy atom. The van der Waals surface area contributed by atoms with Crippen LogP contribution in [0.3, 0.4) is 0 Å². The van der Waals surface area contributed by atoms with Gasteiger partial charge in [0.2, 0.25) is 0 Å². The van der Waals surface area contributed by atoms with Crippen LogP contribution in [0.1, 0.15) is 67.8 Å². The van der Waals surface area contributed by atoms with Crippen LogP contribution in [0.5, 0.6) is 0 Å². The Kier molecular flexibility index (Phi) is 10.9. The third-order valence-electron chi connectivity index (χ3n) is 5.96. The summed E-state index contributed by atoms with van der Waals surface area (Å²) in [5.74, 6) is -3.76. The molecule has 0 aliphatic rings. The molecule has 0 aliphatic carbocycles. The van der Waals surface area contributed by atoms with Crippen molar-refractivity contribution in [3.8, 4) is 0 Å². The number of carbonyl (C=O) groups excluding carboxylic acids is 5. The molecule has 0 bridgehead atoms. The van der Waals surface area contributed by atoms with Crippen LogP contribution in [0.25, 0.3) is 0 Å². The zero-order valence-electron chi connectivity index (χ0n) is 25.4. The van der Waals surface area contributed by atoms with Gasteiger partial charge in [-0.3, -0.25) is 14.4 Å². The van der Waals surface area contributed by atoms with Gasteiger partial charge in [-0.2, -0.15) is 0 Å². The number of halogens is 1. The van der Waals surface area contributed by atoms with Gasteiger partial charge in [-0.05, 0) is 83.5 Å². The monoisotopic (exact) mass is 622 g/mol. The fraction of sp³-hybridized carbons (Fsp3) is 0.303. The van der Waals surface area contributed by atoms with Crippen molar-refractivity contribution in [1.29, 1.82) is 0 Å². The molecule has 0 saturated carbocycles. The first-order chi connectivity index (χ1) is 20.6. The van der Waals surface area contributed by atoms with Gasteiger partial charge in [0, 0.05) is 16.1 Å². The van der Waals surface area contributed by atoms with E-state index in [2.05, 4.69) is 0 Å². The van der Waals surface area contributed by atoms with Crippen molar-refractivity contribution in [2.75, 3.05) is 0 Å². The minimum absolute atomic E-state index is 0.0173. The number of imide groups is 1. The van der Waals surface area contributed by atoms with Gasteiger partial charge in [-0.1, -0.05) is 60.1 Å². The maximum Gasteiger partial charge on any atom is 0.440 e. The summed E-state index contributed by atoms with van der Waals surface area (Å²) in [6, 6.07) is 22.3. The Balaban J connectivity index is 2.05. The first-order valence-corrected chi connectivity index (χ1v) is 14.1. The molecule has 0 N–H and O–H groups in total. The lowest BCUT2D eigenvalue weighted by molar-refractivity contribution is -0.199. The lowest BCUT2D eigenvalue weighted by Gasteiger charge is -2.41. The van der Waals surface area contributed by atoms with Crippen molar-refractivity contribution in [3.63, 3.8) is 0 Å². The summed E-state index contributed by atoms with van der Waals surface area (Å²) in [5, 5.41) is 1.72. The predicted molar refractivity (Wildman–Crippen MR) is 162 cm³/mol. The summed E-state index contributed by atoms with van der Waals surface area (Å²) >= 11 is 6.01.